The molecule has 82 valence electrons. The van der Waals surface area contributed by atoms with Crippen molar-refractivity contribution in [1.82, 2.24) is 5.32 Å². The molecule has 1 fully saturated rings. The Morgan fingerprint density at radius 3 is 2.50 bits per heavy atom. The predicted molar refractivity (Wildman–Crippen MR) is 57.9 cm³/mol. The highest BCUT2D eigenvalue weighted by atomic mass is 16.2. The van der Waals surface area contributed by atoms with Gasteiger partial charge in [0, 0.05) is 5.54 Å². The van der Waals surface area contributed by atoms with Gasteiger partial charge in [-0.05, 0) is 32.1 Å². The van der Waals surface area contributed by atoms with E-state index in [0.29, 0.717) is 0 Å². The van der Waals surface area contributed by atoms with Gasteiger partial charge in [-0.15, -0.1) is 0 Å². The Kier molecular flexibility index (Phi) is 3.93. The number of nitrogens with two attached hydrogens (primary N) is 1. The standard InChI is InChI=1S/C11H22N2O/c1-3-6-9(12)10(14)13-11(4-2)7-5-8-11/h9H,3-8,12H2,1-2H3,(H,13,14). The molecule has 1 aliphatic carbocycles. The third kappa shape index (κ3) is 2.47. The summed E-state index contributed by atoms with van der Waals surface area (Å²) in [6.07, 6.45) is 6.25. The van der Waals surface area contributed by atoms with Crippen LogP contribution in [-0.2, 0) is 4.79 Å². The van der Waals surface area contributed by atoms with Gasteiger partial charge in [0.15, 0.2) is 0 Å². The number of carbonyl (C=O) groups excluding carboxylic acids is 1. The van der Waals surface area contributed by atoms with Crippen LogP contribution in [0.3, 0.4) is 0 Å². The fourth-order valence-electron chi connectivity index (χ4n) is 1.97. The summed E-state index contributed by atoms with van der Waals surface area (Å²) in [6.45, 7) is 4.18. The maximum Gasteiger partial charge on any atom is 0.237 e. The van der Waals surface area contributed by atoms with Crippen LogP contribution in [0.5, 0.6) is 0 Å². The molecule has 0 saturated heterocycles. The van der Waals surface area contributed by atoms with Crippen LogP contribution >= 0.6 is 0 Å². The van der Waals surface area contributed by atoms with Gasteiger partial charge in [-0.3, -0.25) is 4.79 Å². The van der Waals surface area contributed by atoms with Gasteiger partial charge in [0.2, 0.25) is 5.91 Å². The van der Waals surface area contributed by atoms with E-state index in [4.69, 9.17) is 5.73 Å². The van der Waals surface area contributed by atoms with Gasteiger partial charge in [0.05, 0.1) is 6.04 Å². The zero-order chi connectivity index (χ0) is 10.6. The minimum atomic E-state index is -0.316. The molecule has 1 unspecified atom stereocenters. The molecule has 1 amide bonds. The number of hydrogen-bond donors (Lipinski definition) is 2. The minimum Gasteiger partial charge on any atom is -0.349 e. The molecule has 1 aliphatic rings. The average molecular weight is 198 g/mol. The van der Waals surface area contributed by atoms with Crippen molar-refractivity contribution in [2.45, 2.75) is 64.0 Å². The monoisotopic (exact) mass is 198 g/mol. The molecule has 1 saturated carbocycles. The molecule has 0 bridgehead atoms. The number of amides is 1. The molecule has 0 heterocycles. The third-order valence-corrected chi connectivity index (χ3v) is 3.31. The van der Waals surface area contributed by atoms with Crippen molar-refractivity contribution < 1.29 is 4.79 Å². The maximum absolute atomic E-state index is 11.7. The largest absolute Gasteiger partial charge is 0.349 e. The Morgan fingerprint density at radius 1 is 1.50 bits per heavy atom. The lowest BCUT2D eigenvalue weighted by atomic mass is 9.74. The molecule has 0 aliphatic heterocycles. The van der Waals surface area contributed by atoms with Gasteiger partial charge in [-0.25, -0.2) is 0 Å². The lowest BCUT2D eigenvalue weighted by Crippen LogP contribution is -2.57. The summed E-state index contributed by atoms with van der Waals surface area (Å²) in [5.41, 5.74) is 5.84. The molecule has 14 heavy (non-hydrogen) atoms. The van der Waals surface area contributed by atoms with E-state index in [1.807, 2.05) is 6.92 Å². The Morgan fingerprint density at radius 2 is 2.14 bits per heavy atom. The topological polar surface area (TPSA) is 55.1 Å². The van der Waals surface area contributed by atoms with E-state index >= 15 is 0 Å². The minimum absolute atomic E-state index is 0.0356. The maximum atomic E-state index is 11.7. The van der Waals surface area contributed by atoms with Crippen LogP contribution in [0.4, 0.5) is 0 Å². The highest BCUT2D eigenvalue weighted by Crippen LogP contribution is 2.34. The molecule has 0 radical (unpaired) electrons. The van der Waals surface area contributed by atoms with Gasteiger partial charge >= 0.3 is 0 Å². The second kappa shape index (κ2) is 4.78. The molecule has 1 atom stereocenters. The summed E-state index contributed by atoms with van der Waals surface area (Å²) >= 11 is 0. The summed E-state index contributed by atoms with van der Waals surface area (Å²) in [5.74, 6) is 0.0356. The van der Waals surface area contributed by atoms with Crippen LogP contribution in [0.1, 0.15) is 52.4 Å². The molecular weight excluding hydrogens is 176 g/mol. The van der Waals surface area contributed by atoms with E-state index in [1.165, 1.54) is 6.42 Å². The molecule has 3 N–H and O–H groups in total. The van der Waals surface area contributed by atoms with Gasteiger partial charge in [-0.2, -0.15) is 0 Å². The normalized spacial score (nSPS) is 21.1. The SMILES string of the molecule is CCCC(N)C(=O)NC1(CC)CCC1. The Balaban J connectivity index is 2.38. The van der Waals surface area contributed by atoms with Crippen LogP contribution in [0.2, 0.25) is 0 Å². The predicted octanol–water partition coefficient (Wildman–Crippen LogP) is 1.56. The highest BCUT2D eigenvalue weighted by Gasteiger charge is 2.37. The summed E-state index contributed by atoms with van der Waals surface area (Å²) in [4.78, 5) is 11.7. The first-order chi connectivity index (χ1) is 6.63. The molecule has 0 aromatic heterocycles. The first kappa shape index (κ1) is 11.5. The van der Waals surface area contributed by atoms with E-state index in [-0.39, 0.29) is 17.5 Å². The molecule has 3 nitrogen and oxygen atoms in total. The lowest BCUT2D eigenvalue weighted by molar-refractivity contribution is -0.125. The lowest BCUT2D eigenvalue weighted by Gasteiger charge is -2.42. The van der Waals surface area contributed by atoms with Crippen LogP contribution in [0.15, 0.2) is 0 Å². The van der Waals surface area contributed by atoms with Gasteiger partial charge in [-0.1, -0.05) is 20.3 Å². The number of nitrogens with one attached hydrogen (secondary N) is 1. The van der Waals surface area contributed by atoms with Crippen molar-refractivity contribution in [3.63, 3.8) is 0 Å². The van der Waals surface area contributed by atoms with Crippen molar-refractivity contribution in [1.29, 1.82) is 0 Å². The van der Waals surface area contributed by atoms with E-state index in [2.05, 4.69) is 12.2 Å². The van der Waals surface area contributed by atoms with Crippen LogP contribution in [-0.4, -0.2) is 17.5 Å². The van der Waals surface area contributed by atoms with Crippen molar-refractivity contribution >= 4 is 5.91 Å². The highest BCUT2D eigenvalue weighted by molar-refractivity contribution is 5.82. The fraction of sp³-hybridized carbons (Fsp3) is 0.909. The first-order valence-electron chi connectivity index (χ1n) is 5.71. The smallest absolute Gasteiger partial charge is 0.237 e. The zero-order valence-electron chi connectivity index (χ0n) is 9.31. The molecule has 0 aromatic carbocycles. The van der Waals surface area contributed by atoms with Crippen molar-refractivity contribution in [2.75, 3.05) is 0 Å². The zero-order valence-corrected chi connectivity index (χ0v) is 9.31. The van der Waals surface area contributed by atoms with Crippen molar-refractivity contribution in [3.05, 3.63) is 0 Å². The number of carbonyl (C=O) groups is 1. The van der Waals surface area contributed by atoms with E-state index < -0.39 is 0 Å². The molecule has 3 heteroatoms. The fourth-order valence-corrected chi connectivity index (χ4v) is 1.97. The van der Waals surface area contributed by atoms with Crippen LogP contribution < -0.4 is 11.1 Å². The van der Waals surface area contributed by atoms with Gasteiger partial charge < -0.3 is 11.1 Å². The third-order valence-electron chi connectivity index (χ3n) is 3.31. The van der Waals surface area contributed by atoms with E-state index in [0.717, 1.165) is 32.1 Å². The average Bonchev–Trinajstić information content (AvgIpc) is 2.11. The Hall–Kier alpha value is -0.570. The summed E-state index contributed by atoms with van der Waals surface area (Å²) in [6, 6.07) is -0.316. The summed E-state index contributed by atoms with van der Waals surface area (Å²) in [5, 5.41) is 3.10. The molecule has 0 aromatic rings. The van der Waals surface area contributed by atoms with E-state index in [1.54, 1.807) is 0 Å². The molecule has 0 spiro atoms. The second-order valence-electron chi connectivity index (χ2n) is 4.37. The quantitative estimate of drug-likeness (QED) is 0.704. The van der Waals surface area contributed by atoms with Gasteiger partial charge in [0.1, 0.15) is 0 Å². The van der Waals surface area contributed by atoms with E-state index in [9.17, 15) is 4.79 Å². The van der Waals surface area contributed by atoms with Crippen molar-refractivity contribution in [2.24, 2.45) is 5.73 Å². The second-order valence-corrected chi connectivity index (χ2v) is 4.37. The number of rotatable bonds is 5. The first-order valence-corrected chi connectivity index (χ1v) is 5.71. The summed E-state index contributed by atoms with van der Waals surface area (Å²) < 4.78 is 0. The Labute approximate surface area is 86.4 Å². The summed E-state index contributed by atoms with van der Waals surface area (Å²) in [7, 11) is 0. The molecular formula is C11H22N2O. The van der Waals surface area contributed by atoms with Crippen molar-refractivity contribution in [3.8, 4) is 0 Å². The Bertz CT molecular complexity index is 194. The van der Waals surface area contributed by atoms with Crippen LogP contribution in [0.25, 0.3) is 0 Å². The number of hydrogen-bond acceptors (Lipinski definition) is 2. The van der Waals surface area contributed by atoms with Gasteiger partial charge in [0.25, 0.3) is 0 Å². The molecule has 1 rings (SSSR count). The van der Waals surface area contributed by atoms with Crippen LogP contribution in [0, 0.1) is 0 Å².